The normalized spacial score (nSPS) is 10.8. The van der Waals surface area contributed by atoms with Crippen LogP contribution in [0.5, 0.6) is 17.2 Å². The lowest BCUT2D eigenvalue weighted by Gasteiger charge is -2.08. The van der Waals surface area contributed by atoms with Crippen LogP contribution in [0.2, 0.25) is 0 Å². The Balaban J connectivity index is 2.29. The standard InChI is InChI=1S/C17H16O4/c1-11-9-14(19)10-17(21-2)15(11)7-8-16(20)12-3-5-13(18)6-4-12/h3-10,18-19H,1-2H3/b8-7+. The fraction of sp³-hybridized carbons (Fsp3) is 0.118. The summed E-state index contributed by atoms with van der Waals surface area (Å²) < 4.78 is 5.21. The first-order valence-electron chi connectivity index (χ1n) is 6.40. The molecule has 2 rings (SSSR count). The molecule has 0 heterocycles. The Hall–Kier alpha value is -2.75. The number of carbonyl (C=O) groups is 1. The molecule has 0 amide bonds. The Kier molecular flexibility index (Phi) is 4.28. The van der Waals surface area contributed by atoms with Crippen LogP contribution < -0.4 is 4.74 Å². The van der Waals surface area contributed by atoms with Crippen molar-refractivity contribution in [1.29, 1.82) is 0 Å². The van der Waals surface area contributed by atoms with Gasteiger partial charge in [-0.3, -0.25) is 4.79 Å². The highest BCUT2D eigenvalue weighted by Gasteiger charge is 2.07. The monoisotopic (exact) mass is 284 g/mol. The molecule has 0 unspecified atom stereocenters. The number of carbonyl (C=O) groups excluding carboxylic acids is 1. The molecular formula is C17H16O4. The Morgan fingerprint density at radius 3 is 2.38 bits per heavy atom. The Labute approximate surface area is 122 Å². The van der Waals surface area contributed by atoms with Gasteiger partial charge < -0.3 is 14.9 Å². The minimum absolute atomic E-state index is 0.117. The van der Waals surface area contributed by atoms with Crippen molar-refractivity contribution in [1.82, 2.24) is 0 Å². The van der Waals surface area contributed by atoms with Gasteiger partial charge in [-0.1, -0.05) is 0 Å². The molecule has 0 spiro atoms. The van der Waals surface area contributed by atoms with Crippen LogP contribution >= 0.6 is 0 Å². The lowest BCUT2D eigenvalue weighted by atomic mass is 10.0. The van der Waals surface area contributed by atoms with Crippen LogP contribution in [-0.2, 0) is 0 Å². The molecule has 0 saturated carbocycles. The number of phenolic OH excluding ortho intramolecular Hbond substituents is 2. The third kappa shape index (κ3) is 3.42. The molecule has 2 N–H and O–H groups in total. The summed E-state index contributed by atoms with van der Waals surface area (Å²) in [5.74, 6) is 0.560. The highest BCUT2D eigenvalue weighted by Crippen LogP contribution is 2.28. The van der Waals surface area contributed by atoms with E-state index in [1.165, 1.54) is 31.4 Å². The van der Waals surface area contributed by atoms with Gasteiger partial charge in [-0.15, -0.1) is 0 Å². The van der Waals surface area contributed by atoms with Crippen LogP contribution in [0.4, 0.5) is 0 Å². The smallest absolute Gasteiger partial charge is 0.185 e. The number of rotatable bonds is 4. The van der Waals surface area contributed by atoms with E-state index in [0.29, 0.717) is 11.3 Å². The molecule has 108 valence electrons. The summed E-state index contributed by atoms with van der Waals surface area (Å²) in [6, 6.07) is 9.15. The molecule has 21 heavy (non-hydrogen) atoms. The van der Waals surface area contributed by atoms with Gasteiger partial charge in [0.05, 0.1) is 7.11 Å². The van der Waals surface area contributed by atoms with Crippen molar-refractivity contribution in [3.8, 4) is 17.2 Å². The molecule has 0 aromatic heterocycles. The summed E-state index contributed by atoms with van der Waals surface area (Å²) in [4.78, 5) is 12.0. The van der Waals surface area contributed by atoms with E-state index < -0.39 is 0 Å². The number of ether oxygens (including phenoxy) is 1. The second-order valence-electron chi connectivity index (χ2n) is 4.62. The molecule has 0 aliphatic heterocycles. The molecule has 4 heteroatoms. The van der Waals surface area contributed by atoms with Crippen LogP contribution in [0, 0.1) is 6.92 Å². The molecule has 0 atom stereocenters. The fourth-order valence-electron chi connectivity index (χ4n) is 2.01. The van der Waals surface area contributed by atoms with Gasteiger partial charge in [-0.2, -0.15) is 0 Å². The number of benzene rings is 2. The lowest BCUT2D eigenvalue weighted by molar-refractivity contribution is 0.104. The quantitative estimate of drug-likeness (QED) is 0.667. The second-order valence-corrected chi connectivity index (χ2v) is 4.62. The zero-order valence-electron chi connectivity index (χ0n) is 11.8. The third-order valence-electron chi connectivity index (χ3n) is 3.11. The van der Waals surface area contributed by atoms with Crippen LogP contribution in [0.1, 0.15) is 21.5 Å². The predicted molar refractivity (Wildman–Crippen MR) is 80.9 cm³/mol. The van der Waals surface area contributed by atoms with Crippen molar-refractivity contribution in [2.75, 3.05) is 7.11 Å². The molecule has 2 aromatic rings. The number of phenols is 2. The average molecular weight is 284 g/mol. The number of aryl methyl sites for hydroxylation is 1. The van der Waals surface area contributed by atoms with Gasteiger partial charge in [0.2, 0.25) is 0 Å². The number of hydrogen-bond donors (Lipinski definition) is 2. The number of methoxy groups -OCH3 is 1. The van der Waals surface area contributed by atoms with Crippen molar-refractivity contribution < 1.29 is 19.7 Å². The van der Waals surface area contributed by atoms with Gasteiger partial charge in [-0.05, 0) is 55.0 Å². The van der Waals surface area contributed by atoms with Gasteiger partial charge in [0, 0.05) is 17.2 Å². The van der Waals surface area contributed by atoms with Crippen LogP contribution in [0.15, 0.2) is 42.5 Å². The molecule has 0 bridgehead atoms. The summed E-state index contributed by atoms with van der Waals surface area (Å²) in [5, 5.41) is 18.7. The first-order chi connectivity index (χ1) is 10.0. The van der Waals surface area contributed by atoms with Crippen molar-refractivity contribution in [2.45, 2.75) is 6.92 Å². The minimum Gasteiger partial charge on any atom is -0.508 e. The van der Waals surface area contributed by atoms with Crippen molar-refractivity contribution in [2.24, 2.45) is 0 Å². The number of ketones is 1. The van der Waals surface area contributed by atoms with E-state index in [-0.39, 0.29) is 17.3 Å². The van der Waals surface area contributed by atoms with E-state index in [4.69, 9.17) is 4.74 Å². The van der Waals surface area contributed by atoms with E-state index in [9.17, 15) is 15.0 Å². The minimum atomic E-state index is -0.176. The molecule has 4 nitrogen and oxygen atoms in total. The molecule has 0 saturated heterocycles. The maximum absolute atomic E-state index is 12.0. The number of hydrogen-bond acceptors (Lipinski definition) is 4. The predicted octanol–water partition coefficient (Wildman–Crippen LogP) is 3.31. The van der Waals surface area contributed by atoms with Crippen LogP contribution in [0.25, 0.3) is 6.08 Å². The van der Waals surface area contributed by atoms with E-state index in [2.05, 4.69) is 0 Å². The summed E-state index contributed by atoms with van der Waals surface area (Å²) >= 11 is 0. The maximum atomic E-state index is 12.0. The van der Waals surface area contributed by atoms with Crippen molar-refractivity contribution >= 4 is 11.9 Å². The highest BCUT2D eigenvalue weighted by atomic mass is 16.5. The topological polar surface area (TPSA) is 66.8 Å². The average Bonchev–Trinajstić information content (AvgIpc) is 2.46. The highest BCUT2D eigenvalue weighted by molar-refractivity contribution is 6.07. The van der Waals surface area contributed by atoms with E-state index in [0.717, 1.165) is 11.1 Å². The zero-order chi connectivity index (χ0) is 15.4. The Morgan fingerprint density at radius 1 is 1.10 bits per heavy atom. The summed E-state index contributed by atoms with van der Waals surface area (Å²) in [5.41, 5.74) is 2.03. The molecule has 0 aliphatic rings. The SMILES string of the molecule is COc1cc(O)cc(C)c1/C=C/C(=O)c1ccc(O)cc1. The first-order valence-corrected chi connectivity index (χ1v) is 6.40. The molecule has 0 radical (unpaired) electrons. The maximum Gasteiger partial charge on any atom is 0.185 e. The van der Waals surface area contributed by atoms with Gasteiger partial charge in [-0.25, -0.2) is 0 Å². The fourth-order valence-corrected chi connectivity index (χ4v) is 2.01. The van der Waals surface area contributed by atoms with Gasteiger partial charge in [0.15, 0.2) is 5.78 Å². The Bertz CT molecular complexity index is 685. The van der Waals surface area contributed by atoms with E-state index in [1.807, 2.05) is 6.92 Å². The third-order valence-corrected chi connectivity index (χ3v) is 3.11. The van der Waals surface area contributed by atoms with Gasteiger partial charge in [0.1, 0.15) is 17.2 Å². The lowest BCUT2D eigenvalue weighted by Crippen LogP contribution is -1.95. The number of allylic oxidation sites excluding steroid dienone is 1. The summed E-state index contributed by atoms with van der Waals surface area (Å²) in [6.45, 7) is 1.83. The van der Waals surface area contributed by atoms with Gasteiger partial charge in [0.25, 0.3) is 0 Å². The van der Waals surface area contributed by atoms with Gasteiger partial charge >= 0.3 is 0 Å². The molecule has 2 aromatic carbocycles. The first kappa shape index (κ1) is 14.7. The summed E-state index contributed by atoms with van der Waals surface area (Å²) in [6.07, 6.45) is 3.09. The van der Waals surface area contributed by atoms with E-state index in [1.54, 1.807) is 24.3 Å². The summed E-state index contributed by atoms with van der Waals surface area (Å²) in [7, 11) is 1.51. The molecule has 0 aliphatic carbocycles. The second kappa shape index (κ2) is 6.13. The molecular weight excluding hydrogens is 268 g/mol. The van der Waals surface area contributed by atoms with Crippen LogP contribution in [-0.4, -0.2) is 23.1 Å². The van der Waals surface area contributed by atoms with Crippen molar-refractivity contribution in [3.63, 3.8) is 0 Å². The Morgan fingerprint density at radius 2 is 1.76 bits per heavy atom. The van der Waals surface area contributed by atoms with E-state index >= 15 is 0 Å². The largest absolute Gasteiger partial charge is 0.508 e. The zero-order valence-corrected chi connectivity index (χ0v) is 11.8. The molecule has 0 fully saturated rings. The van der Waals surface area contributed by atoms with Crippen LogP contribution in [0.3, 0.4) is 0 Å². The number of aromatic hydroxyl groups is 2. The van der Waals surface area contributed by atoms with Crippen molar-refractivity contribution in [3.05, 3.63) is 59.2 Å².